The molecule has 0 radical (unpaired) electrons. The first-order chi connectivity index (χ1) is 23.1. The van der Waals surface area contributed by atoms with Crippen molar-refractivity contribution in [3.63, 3.8) is 0 Å². The quantitative estimate of drug-likeness (QED) is 0.141. The van der Waals surface area contributed by atoms with Crippen molar-refractivity contribution in [2.24, 2.45) is 5.92 Å². The minimum absolute atomic E-state index is 0.0577. The van der Waals surface area contributed by atoms with Gasteiger partial charge in [0.25, 0.3) is 5.91 Å². The van der Waals surface area contributed by atoms with E-state index < -0.39 is 46.9 Å². The summed E-state index contributed by atoms with van der Waals surface area (Å²) in [4.78, 5) is 39.5. The Labute approximate surface area is 273 Å². The molecule has 1 amide bonds. The number of nitrogens with zero attached hydrogens (tertiary/aromatic N) is 1. The van der Waals surface area contributed by atoms with Crippen molar-refractivity contribution < 1.29 is 41.8 Å². The molecule has 12 heteroatoms. The Hall–Kier alpha value is -5.78. The maximum atomic E-state index is 13.6. The van der Waals surface area contributed by atoms with Crippen LogP contribution in [0.5, 0.6) is 23.2 Å². The number of nitrogens with one attached hydrogen (secondary N) is 1. The van der Waals surface area contributed by atoms with Crippen LogP contribution >= 0.6 is 0 Å². The molecule has 0 aliphatic carbocycles. The van der Waals surface area contributed by atoms with Crippen LogP contribution in [-0.4, -0.2) is 28.6 Å². The number of methoxy groups -OCH3 is 1. The van der Waals surface area contributed by atoms with Gasteiger partial charge in [0.05, 0.1) is 12.7 Å². The summed E-state index contributed by atoms with van der Waals surface area (Å²) in [7, 11) is 1.42. The largest absolute Gasteiger partial charge is 0.496 e. The zero-order valence-corrected chi connectivity index (χ0v) is 26.0. The van der Waals surface area contributed by atoms with Gasteiger partial charge in [-0.2, -0.15) is 0 Å². The van der Waals surface area contributed by atoms with Crippen molar-refractivity contribution in [3.8, 4) is 23.2 Å². The molecule has 4 aromatic carbocycles. The third-order valence-corrected chi connectivity index (χ3v) is 7.72. The van der Waals surface area contributed by atoms with E-state index in [1.54, 1.807) is 61.5 Å². The SMILES string of the molecule is CC[C@@H](Cc1ccc(OC)c(C(=O)NCc2ccc(Oc3cc(F)c(F)c(F)c3)cc2)c1)C(=O)n1c(Cc2ccccc2)c(O)oc1=O. The number of aromatic hydroxyl groups is 1. The standard InChI is InChI=1S/C36H31F3N2O7/c1-3-24(34(43)41-30(35(44)48-36(41)45)17-21-7-5-4-6-8-21)15-23-11-14-31(46-2)27(16-23)33(42)40-20-22-9-12-25(13-10-22)47-26-18-28(37)32(39)29(38)19-26/h4-14,16,18-19,24,44H,3,15,17,20H2,1-2H3,(H,40,42)/t24-/m0/s1. The average Bonchev–Trinajstić information content (AvgIpc) is 3.37. The van der Waals surface area contributed by atoms with E-state index >= 15 is 0 Å². The summed E-state index contributed by atoms with van der Waals surface area (Å²) in [5.41, 5.74) is 2.38. The van der Waals surface area contributed by atoms with E-state index in [0.29, 0.717) is 23.3 Å². The van der Waals surface area contributed by atoms with Crippen molar-refractivity contribution in [1.29, 1.82) is 0 Å². The van der Waals surface area contributed by atoms with E-state index in [9.17, 15) is 32.7 Å². The van der Waals surface area contributed by atoms with E-state index in [0.717, 1.165) is 22.3 Å². The fourth-order valence-corrected chi connectivity index (χ4v) is 5.17. The second kappa shape index (κ2) is 14.8. The molecular weight excluding hydrogens is 629 g/mol. The van der Waals surface area contributed by atoms with Crippen molar-refractivity contribution in [1.82, 2.24) is 9.88 Å². The van der Waals surface area contributed by atoms with E-state index in [2.05, 4.69) is 5.32 Å². The molecule has 1 heterocycles. The lowest BCUT2D eigenvalue weighted by Crippen LogP contribution is -2.32. The molecule has 0 spiro atoms. The average molecular weight is 661 g/mol. The van der Waals surface area contributed by atoms with Gasteiger partial charge >= 0.3 is 11.7 Å². The molecule has 0 unspecified atom stereocenters. The molecule has 5 rings (SSSR count). The van der Waals surface area contributed by atoms with Gasteiger partial charge in [0.1, 0.15) is 22.9 Å². The fourth-order valence-electron chi connectivity index (χ4n) is 5.17. The van der Waals surface area contributed by atoms with Crippen molar-refractivity contribution in [3.05, 3.63) is 141 Å². The Balaban J connectivity index is 1.27. The normalized spacial score (nSPS) is 11.6. The van der Waals surface area contributed by atoms with Gasteiger partial charge < -0.3 is 24.3 Å². The number of amides is 1. The third kappa shape index (κ3) is 7.60. The number of benzene rings is 4. The lowest BCUT2D eigenvalue weighted by Gasteiger charge is -2.17. The van der Waals surface area contributed by atoms with Crippen molar-refractivity contribution >= 4 is 11.8 Å². The van der Waals surface area contributed by atoms with Crippen molar-refractivity contribution in [2.45, 2.75) is 32.7 Å². The molecule has 248 valence electrons. The van der Waals surface area contributed by atoms with Gasteiger partial charge in [-0.1, -0.05) is 55.5 Å². The topological polar surface area (TPSA) is 120 Å². The van der Waals surface area contributed by atoms with Gasteiger partial charge in [-0.15, -0.1) is 0 Å². The van der Waals surface area contributed by atoms with E-state index in [4.69, 9.17) is 13.9 Å². The first-order valence-electron chi connectivity index (χ1n) is 15.0. The Morgan fingerprint density at radius 3 is 2.21 bits per heavy atom. The van der Waals surface area contributed by atoms with Gasteiger partial charge in [0.2, 0.25) is 5.91 Å². The fraction of sp³-hybridized carbons (Fsp3) is 0.194. The highest BCUT2D eigenvalue weighted by molar-refractivity contribution is 5.97. The number of carbonyl (C=O) groups is 2. The molecule has 0 saturated carbocycles. The maximum absolute atomic E-state index is 13.6. The van der Waals surface area contributed by atoms with Crippen LogP contribution < -0.4 is 20.5 Å². The number of hydrogen-bond donors (Lipinski definition) is 2. The van der Waals surface area contributed by atoms with Crippen LogP contribution in [0.4, 0.5) is 13.2 Å². The van der Waals surface area contributed by atoms with Crippen LogP contribution in [0.25, 0.3) is 0 Å². The minimum Gasteiger partial charge on any atom is -0.496 e. The van der Waals surface area contributed by atoms with Crippen LogP contribution in [0.3, 0.4) is 0 Å². The third-order valence-electron chi connectivity index (χ3n) is 7.72. The summed E-state index contributed by atoms with van der Waals surface area (Å²) in [6, 6.07) is 21.8. The summed E-state index contributed by atoms with van der Waals surface area (Å²) in [6.45, 7) is 1.91. The monoisotopic (exact) mass is 660 g/mol. The molecule has 5 aromatic rings. The molecule has 9 nitrogen and oxygen atoms in total. The Kier molecular flexibility index (Phi) is 10.3. The van der Waals surface area contributed by atoms with Crippen LogP contribution in [-0.2, 0) is 19.4 Å². The lowest BCUT2D eigenvalue weighted by atomic mass is 9.94. The minimum atomic E-state index is -1.59. The number of oxazole rings is 1. The first-order valence-corrected chi connectivity index (χ1v) is 15.0. The number of rotatable bonds is 12. The maximum Gasteiger partial charge on any atom is 0.429 e. The number of halogens is 3. The summed E-state index contributed by atoms with van der Waals surface area (Å²) in [5.74, 6) is -7.27. The summed E-state index contributed by atoms with van der Waals surface area (Å²) in [5, 5.41) is 13.1. The lowest BCUT2D eigenvalue weighted by molar-refractivity contribution is 0.0817. The molecule has 1 atom stereocenters. The summed E-state index contributed by atoms with van der Waals surface area (Å²) in [6.07, 6.45) is 0.657. The van der Waals surface area contributed by atoms with Gasteiger partial charge in [-0.3, -0.25) is 9.59 Å². The molecule has 1 aromatic heterocycles. The van der Waals surface area contributed by atoms with E-state index in [-0.39, 0.29) is 42.1 Å². The Morgan fingerprint density at radius 2 is 1.56 bits per heavy atom. The predicted molar refractivity (Wildman–Crippen MR) is 169 cm³/mol. The van der Waals surface area contributed by atoms with Crippen LogP contribution in [0.2, 0.25) is 0 Å². The first kappa shape index (κ1) is 33.6. The highest BCUT2D eigenvalue weighted by atomic mass is 19.2. The van der Waals surface area contributed by atoms with Crippen LogP contribution in [0.1, 0.15) is 50.9 Å². The van der Waals surface area contributed by atoms with E-state index in [1.165, 1.54) is 19.2 Å². The van der Waals surface area contributed by atoms with Crippen LogP contribution in [0, 0.1) is 23.4 Å². The van der Waals surface area contributed by atoms with E-state index in [1.807, 2.05) is 6.07 Å². The van der Waals surface area contributed by atoms with Gasteiger partial charge in [0.15, 0.2) is 17.5 Å². The molecule has 0 fully saturated rings. The summed E-state index contributed by atoms with van der Waals surface area (Å²) >= 11 is 0. The van der Waals surface area contributed by atoms with Gasteiger partial charge in [-0.05, 0) is 53.8 Å². The highest BCUT2D eigenvalue weighted by Gasteiger charge is 2.28. The molecule has 0 bridgehead atoms. The second-order valence-corrected chi connectivity index (χ2v) is 10.9. The zero-order valence-electron chi connectivity index (χ0n) is 26.0. The molecule has 0 aliphatic heterocycles. The molecule has 0 aliphatic rings. The molecular formula is C36H31F3N2O7. The second-order valence-electron chi connectivity index (χ2n) is 10.9. The molecule has 0 saturated heterocycles. The predicted octanol–water partition coefficient (Wildman–Crippen LogP) is 6.80. The zero-order chi connectivity index (χ0) is 34.4. The number of hydrogen-bond acceptors (Lipinski definition) is 7. The smallest absolute Gasteiger partial charge is 0.429 e. The Bertz CT molecular complexity index is 1970. The van der Waals surface area contributed by atoms with Gasteiger partial charge in [-0.25, -0.2) is 22.5 Å². The van der Waals surface area contributed by atoms with Gasteiger partial charge in [0, 0.05) is 31.0 Å². The molecule has 48 heavy (non-hydrogen) atoms. The molecule has 2 N–H and O–H groups in total. The summed E-state index contributed by atoms with van der Waals surface area (Å²) < 4.78 is 56.8. The number of ether oxygens (including phenoxy) is 2. The Morgan fingerprint density at radius 1 is 0.896 bits per heavy atom. The highest BCUT2D eigenvalue weighted by Crippen LogP contribution is 2.27. The number of aromatic nitrogens is 1. The van der Waals surface area contributed by atoms with Crippen molar-refractivity contribution in [2.75, 3.05) is 7.11 Å². The number of carbonyl (C=O) groups excluding carboxylic acids is 2. The van der Waals surface area contributed by atoms with Crippen LogP contribution in [0.15, 0.2) is 94.1 Å².